The van der Waals surface area contributed by atoms with E-state index in [0.717, 1.165) is 12.5 Å². The Morgan fingerprint density at radius 3 is 2.75 bits per heavy atom. The Labute approximate surface area is 123 Å². The molecule has 0 saturated heterocycles. The Balaban J connectivity index is 0.00000200. The number of hydrogen-bond acceptors (Lipinski definition) is 2. The van der Waals surface area contributed by atoms with E-state index in [2.05, 4.69) is 5.32 Å². The van der Waals surface area contributed by atoms with Gasteiger partial charge in [-0.25, -0.2) is 8.78 Å². The van der Waals surface area contributed by atoms with Gasteiger partial charge in [0, 0.05) is 18.5 Å². The van der Waals surface area contributed by atoms with E-state index in [4.69, 9.17) is 5.73 Å². The third-order valence-electron chi connectivity index (χ3n) is 3.40. The molecule has 112 valence electrons. The van der Waals surface area contributed by atoms with Crippen molar-refractivity contribution in [2.45, 2.75) is 31.7 Å². The molecule has 0 bridgehead atoms. The highest BCUT2D eigenvalue weighted by Crippen LogP contribution is 2.47. The second-order valence-electron chi connectivity index (χ2n) is 5.18. The zero-order chi connectivity index (χ0) is 14.0. The van der Waals surface area contributed by atoms with Crippen LogP contribution >= 0.6 is 12.4 Å². The Hall–Kier alpha value is -1.20. The van der Waals surface area contributed by atoms with Gasteiger partial charge in [0.15, 0.2) is 11.6 Å². The van der Waals surface area contributed by atoms with Crippen molar-refractivity contribution in [3.05, 3.63) is 35.4 Å². The molecule has 1 amide bonds. The smallest absolute Gasteiger partial charge is 0.223 e. The summed E-state index contributed by atoms with van der Waals surface area (Å²) in [5.41, 5.74) is 6.28. The van der Waals surface area contributed by atoms with E-state index in [1.807, 2.05) is 6.92 Å². The van der Waals surface area contributed by atoms with Crippen molar-refractivity contribution in [3.8, 4) is 0 Å². The number of nitrogens with one attached hydrogen (secondary N) is 1. The highest BCUT2D eigenvalue weighted by atomic mass is 35.5. The summed E-state index contributed by atoms with van der Waals surface area (Å²) in [6.07, 6.45) is 1.42. The Bertz CT molecular complexity index is 482. The lowest BCUT2D eigenvalue weighted by molar-refractivity contribution is -0.122. The molecular weight excluding hydrogens is 286 g/mol. The van der Waals surface area contributed by atoms with Crippen LogP contribution in [-0.4, -0.2) is 18.5 Å². The molecule has 6 heteroatoms. The Morgan fingerprint density at radius 1 is 1.45 bits per heavy atom. The van der Waals surface area contributed by atoms with E-state index in [0.29, 0.717) is 18.5 Å². The maximum absolute atomic E-state index is 13.1. The summed E-state index contributed by atoms with van der Waals surface area (Å²) in [4.78, 5) is 11.8. The predicted octanol–water partition coefficient (Wildman–Crippen LogP) is 2.34. The first kappa shape index (κ1) is 16.9. The maximum Gasteiger partial charge on any atom is 0.223 e. The molecule has 0 aliphatic heterocycles. The minimum Gasteiger partial charge on any atom is -0.356 e. The molecule has 0 spiro atoms. The van der Waals surface area contributed by atoms with Gasteiger partial charge in [0.2, 0.25) is 5.91 Å². The van der Waals surface area contributed by atoms with Crippen molar-refractivity contribution < 1.29 is 13.6 Å². The average molecular weight is 305 g/mol. The summed E-state index contributed by atoms with van der Waals surface area (Å²) in [5, 5.41) is 2.81. The third kappa shape index (κ3) is 4.15. The van der Waals surface area contributed by atoms with Gasteiger partial charge < -0.3 is 11.1 Å². The van der Waals surface area contributed by atoms with Gasteiger partial charge in [-0.1, -0.05) is 6.07 Å². The minimum absolute atomic E-state index is 0. The summed E-state index contributed by atoms with van der Waals surface area (Å²) in [5.74, 6) is -1.87. The molecule has 1 fully saturated rings. The molecule has 1 aliphatic carbocycles. The van der Waals surface area contributed by atoms with Crippen LogP contribution in [0.5, 0.6) is 0 Å². The quantitative estimate of drug-likeness (QED) is 0.877. The van der Waals surface area contributed by atoms with Crippen LogP contribution in [0.1, 0.15) is 31.2 Å². The van der Waals surface area contributed by atoms with Crippen LogP contribution in [0, 0.1) is 17.6 Å². The normalized spacial score (nSPS) is 21.8. The zero-order valence-corrected chi connectivity index (χ0v) is 12.1. The van der Waals surface area contributed by atoms with Gasteiger partial charge in [0.25, 0.3) is 0 Å². The van der Waals surface area contributed by atoms with Crippen LogP contribution in [-0.2, 0) is 4.79 Å². The van der Waals surface area contributed by atoms with E-state index < -0.39 is 11.6 Å². The lowest BCUT2D eigenvalue weighted by Crippen LogP contribution is -2.30. The van der Waals surface area contributed by atoms with E-state index in [1.165, 1.54) is 12.1 Å². The van der Waals surface area contributed by atoms with Crippen molar-refractivity contribution in [1.82, 2.24) is 5.32 Å². The zero-order valence-electron chi connectivity index (χ0n) is 11.2. The molecule has 1 aromatic carbocycles. The molecule has 0 radical (unpaired) electrons. The van der Waals surface area contributed by atoms with Gasteiger partial charge in [0.05, 0.1) is 0 Å². The predicted molar refractivity (Wildman–Crippen MR) is 75.7 cm³/mol. The lowest BCUT2D eigenvalue weighted by Gasteiger charge is -2.07. The van der Waals surface area contributed by atoms with Gasteiger partial charge in [0.1, 0.15) is 0 Å². The van der Waals surface area contributed by atoms with Crippen molar-refractivity contribution in [2.75, 3.05) is 6.54 Å². The number of nitrogens with two attached hydrogens (primary N) is 1. The van der Waals surface area contributed by atoms with Crippen LogP contribution < -0.4 is 11.1 Å². The summed E-state index contributed by atoms with van der Waals surface area (Å²) < 4.78 is 25.9. The lowest BCUT2D eigenvalue weighted by atomic mass is 10.1. The Kier molecular flexibility index (Phi) is 5.89. The van der Waals surface area contributed by atoms with Crippen LogP contribution in [0.25, 0.3) is 0 Å². The van der Waals surface area contributed by atoms with Gasteiger partial charge >= 0.3 is 0 Å². The monoisotopic (exact) mass is 304 g/mol. The van der Waals surface area contributed by atoms with Crippen LogP contribution in [0.3, 0.4) is 0 Å². The fourth-order valence-electron chi connectivity index (χ4n) is 2.15. The molecule has 0 aromatic heterocycles. The molecule has 3 unspecified atom stereocenters. The standard InChI is InChI=1S/C14H18F2N2O.ClH/c1-8(17)4-5-18-14(19)11-7-10(11)9-2-3-12(15)13(16)6-9;/h2-3,6,8,10-11H,4-5,7,17H2,1H3,(H,18,19);1H. The molecule has 1 aliphatic rings. The van der Waals surface area contributed by atoms with Gasteiger partial charge in [-0.15, -0.1) is 12.4 Å². The summed E-state index contributed by atoms with van der Waals surface area (Å²) in [6.45, 7) is 2.44. The first-order valence-corrected chi connectivity index (χ1v) is 6.47. The molecule has 2 rings (SSSR count). The maximum atomic E-state index is 13.1. The number of hydrogen-bond donors (Lipinski definition) is 2. The minimum atomic E-state index is -0.861. The second-order valence-corrected chi connectivity index (χ2v) is 5.18. The van der Waals surface area contributed by atoms with Crippen molar-refractivity contribution in [1.29, 1.82) is 0 Å². The summed E-state index contributed by atoms with van der Waals surface area (Å²) in [6, 6.07) is 3.88. The number of rotatable bonds is 5. The number of amides is 1. The summed E-state index contributed by atoms with van der Waals surface area (Å²) >= 11 is 0. The second kappa shape index (κ2) is 6.99. The van der Waals surface area contributed by atoms with E-state index in [9.17, 15) is 13.6 Å². The fraction of sp³-hybridized carbons (Fsp3) is 0.500. The van der Waals surface area contributed by atoms with Crippen LogP contribution in [0.4, 0.5) is 8.78 Å². The molecule has 3 N–H and O–H groups in total. The largest absolute Gasteiger partial charge is 0.356 e. The highest BCUT2D eigenvalue weighted by molar-refractivity contribution is 5.85. The van der Waals surface area contributed by atoms with Crippen molar-refractivity contribution in [3.63, 3.8) is 0 Å². The molecule has 0 heterocycles. The number of benzene rings is 1. The molecule has 1 saturated carbocycles. The number of halogens is 3. The van der Waals surface area contributed by atoms with Crippen LogP contribution in [0.15, 0.2) is 18.2 Å². The van der Waals surface area contributed by atoms with E-state index in [-0.39, 0.29) is 36.2 Å². The van der Waals surface area contributed by atoms with Gasteiger partial charge in [-0.05, 0) is 43.4 Å². The van der Waals surface area contributed by atoms with Gasteiger partial charge in [-0.3, -0.25) is 4.79 Å². The van der Waals surface area contributed by atoms with Crippen LogP contribution in [0.2, 0.25) is 0 Å². The first-order valence-electron chi connectivity index (χ1n) is 6.47. The number of carbonyl (C=O) groups excluding carboxylic acids is 1. The molecular formula is C14H19ClF2N2O. The van der Waals surface area contributed by atoms with Gasteiger partial charge in [-0.2, -0.15) is 0 Å². The summed E-state index contributed by atoms with van der Waals surface area (Å²) in [7, 11) is 0. The number of carbonyl (C=O) groups is 1. The SMILES string of the molecule is CC(N)CCNC(=O)C1CC1c1ccc(F)c(F)c1.Cl. The van der Waals surface area contributed by atoms with E-state index in [1.54, 1.807) is 0 Å². The van der Waals surface area contributed by atoms with E-state index >= 15 is 0 Å². The fourth-order valence-corrected chi connectivity index (χ4v) is 2.15. The highest BCUT2D eigenvalue weighted by Gasteiger charge is 2.43. The molecule has 3 atom stereocenters. The van der Waals surface area contributed by atoms with Crippen molar-refractivity contribution in [2.24, 2.45) is 11.7 Å². The first-order chi connectivity index (χ1) is 8.99. The van der Waals surface area contributed by atoms with Crippen molar-refractivity contribution >= 4 is 18.3 Å². The molecule has 1 aromatic rings. The molecule has 20 heavy (non-hydrogen) atoms. The molecule has 3 nitrogen and oxygen atoms in total. The average Bonchev–Trinajstić information content (AvgIpc) is 3.12. The third-order valence-corrected chi connectivity index (χ3v) is 3.40. The topological polar surface area (TPSA) is 55.1 Å². The Morgan fingerprint density at radius 2 is 2.15 bits per heavy atom.